The van der Waals surface area contributed by atoms with E-state index >= 15 is 0 Å². The Labute approximate surface area is 72.8 Å². The normalized spacial score (nSPS) is 9.82. The van der Waals surface area contributed by atoms with E-state index in [1.807, 2.05) is 0 Å². The minimum absolute atomic E-state index is 0.833. The summed E-state index contributed by atoms with van der Waals surface area (Å²) in [4.78, 5) is 2.38. The molecule has 0 heterocycles. The SMILES string of the molecule is CC(C)C.CCN(CC)CC. The molecule has 0 amide bonds. The summed E-state index contributed by atoms with van der Waals surface area (Å²) in [5, 5.41) is 0. The van der Waals surface area contributed by atoms with E-state index in [2.05, 4.69) is 46.4 Å². The van der Waals surface area contributed by atoms with Gasteiger partial charge in [-0.05, 0) is 25.6 Å². The lowest BCUT2D eigenvalue weighted by Gasteiger charge is -2.13. The third kappa shape index (κ3) is 17.8. The number of rotatable bonds is 3. The van der Waals surface area contributed by atoms with Crippen LogP contribution in [0.1, 0.15) is 41.5 Å². The van der Waals surface area contributed by atoms with E-state index in [9.17, 15) is 0 Å². The van der Waals surface area contributed by atoms with E-state index in [0.29, 0.717) is 0 Å². The van der Waals surface area contributed by atoms with E-state index in [0.717, 1.165) is 5.92 Å². The van der Waals surface area contributed by atoms with Crippen molar-refractivity contribution in [2.24, 2.45) is 5.92 Å². The van der Waals surface area contributed by atoms with Crippen molar-refractivity contribution in [1.29, 1.82) is 0 Å². The zero-order valence-electron chi connectivity index (χ0n) is 9.15. The van der Waals surface area contributed by atoms with Crippen LogP contribution in [0.2, 0.25) is 0 Å². The summed E-state index contributed by atoms with van der Waals surface area (Å²) in [6.07, 6.45) is 0. The van der Waals surface area contributed by atoms with Crippen molar-refractivity contribution in [3.63, 3.8) is 0 Å². The summed E-state index contributed by atoms with van der Waals surface area (Å²) >= 11 is 0. The molecule has 0 radical (unpaired) electrons. The van der Waals surface area contributed by atoms with E-state index in [1.54, 1.807) is 0 Å². The van der Waals surface area contributed by atoms with Gasteiger partial charge in [0.05, 0.1) is 0 Å². The summed E-state index contributed by atoms with van der Waals surface area (Å²) < 4.78 is 0. The van der Waals surface area contributed by atoms with Crippen LogP contribution >= 0.6 is 0 Å². The third-order valence-electron chi connectivity index (χ3n) is 1.34. The summed E-state index contributed by atoms with van der Waals surface area (Å²) in [5.74, 6) is 0.833. The molecule has 0 fully saturated rings. The van der Waals surface area contributed by atoms with Gasteiger partial charge in [0.1, 0.15) is 0 Å². The molecular weight excluding hydrogens is 134 g/mol. The van der Waals surface area contributed by atoms with Crippen molar-refractivity contribution < 1.29 is 0 Å². The van der Waals surface area contributed by atoms with Crippen molar-refractivity contribution in [3.05, 3.63) is 0 Å². The van der Waals surface area contributed by atoms with E-state index < -0.39 is 0 Å². The molecule has 0 aromatic carbocycles. The lowest BCUT2D eigenvalue weighted by atomic mass is 10.3. The molecular formula is C10H25N. The minimum Gasteiger partial charge on any atom is -0.304 e. The highest BCUT2D eigenvalue weighted by molar-refractivity contribution is 4.43. The number of hydrogen-bond acceptors (Lipinski definition) is 1. The lowest BCUT2D eigenvalue weighted by molar-refractivity contribution is 0.321. The smallest absolute Gasteiger partial charge is 0.00474 e. The molecule has 0 rings (SSSR count). The summed E-state index contributed by atoms with van der Waals surface area (Å²) in [6.45, 7) is 16.6. The van der Waals surface area contributed by atoms with Gasteiger partial charge >= 0.3 is 0 Å². The Balaban J connectivity index is 0. The monoisotopic (exact) mass is 159 g/mol. The Morgan fingerprint density at radius 2 is 1.00 bits per heavy atom. The molecule has 0 aromatic rings. The maximum atomic E-state index is 2.38. The average molecular weight is 159 g/mol. The van der Waals surface area contributed by atoms with Gasteiger partial charge in [0.2, 0.25) is 0 Å². The first-order valence-corrected chi connectivity index (χ1v) is 4.80. The van der Waals surface area contributed by atoms with E-state index in [1.165, 1.54) is 19.6 Å². The molecule has 0 bridgehead atoms. The van der Waals surface area contributed by atoms with Crippen LogP contribution in [-0.4, -0.2) is 24.5 Å². The van der Waals surface area contributed by atoms with Crippen LogP contribution in [0.3, 0.4) is 0 Å². The molecule has 0 aliphatic carbocycles. The topological polar surface area (TPSA) is 3.24 Å². The number of nitrogens with zero attached hydrogens (tertiary/aromatic N) is 1. The van der Waals surface area contributed by atoms with Crippen LogP contribution in [-0.2, 0) is 0 Å². The molecule has 0 unspecified atom stereocenters. The molecule has 0 aliphatic heterocycles. The highest BCUT2D eigenvalue weighted by Crippen LogP contribution is 1.81. The van der Waals surface area contributed by atoms with Crippen LogP contribution in [0.25, 0.3) is 0 Å². The molecule has 0 aliphatic rings. The maximum Gasteiger partial charge on any atom is -0.00474 e. The van der Waals surface area contributed by atoms with Gasteiger partial charge in [0.25, 0.3) is 0 Å². The van der Waals surface area contributed by atoms with Crippen molar-refractivity contribution in [1.82, 2.24) is 4.90 Å². The quantitative estimate of drug-likeness (QED) is 0.612. The molecule has 70 valence electrons. The highest BCUT2D eigenvalue weighted by atomic mass is 15.1. The van der Waals surface area contributed by atoms with Crippen LogP contribution in [0.5, 0.6) is 0 Å². The van der Waals surface area contributed by atoms with Crippen LogP contribution in [0, 0.1) is 5.92 Å². The van der Waals surface area contributed by atoms with Gasteiger partial charge in [-0.15, -0.1) is 0 Å². The molecule has 0 aromatic heterocycles. The highest BCUT2D eigenvalue weighted by Gasteiger charge is 1.89. The average Bonchev–Trinajstić information content (AvgIpc) is 1.90. The predicted octanol–water partition coefficient (Wildman–Crippen LogP) is 3.01. The van der Waals surface area contributed by atoms with Gasteiger partial charge in [0.15, 0.2) is 0 Å². The van der Waals surface area contributed by atoms with Gasteiger partial charge < -0.3 is 4.90 Å². The van der Waals surface area contributed by atoms with Crippen LogP contribution < -0.4 is 0 Å². The second kappa shape index (κ2) is 9.96. The molecule has 1 heteroatoms. The van der Waals surface area contributed by atoms with Crippen LogP contribution in [0.15, 0.2) is 0 Å². The van der Waals surface area contributed by atoms with Crippen molar-refractivity contribution in [2.75, 3.05) is 19.6 Å². The van der Waals surface area contributed by atoms with Gasteiger partial charge in [-0.25, -0.2) is 0 Å². The van der Waals surface area contributed by atoms with Crippen LogP contribution in [0.4, 0.5) is 0 Å². The van der Waals surface area contributed by atoms with E-state index in [-0.39, 0.29) is 0 Å². The first kappa shape index (κ1) is 13.5. The second-order valence-corrected chi connectivity index (χ2v) is 3.35. The predicted molar refractivity (Wildman–Crippen MR) is 54.0 cm³/mol. The summed E-state index contributed by atoms with van der Waals surface area (Å²) in [5.41, 5.74) is 0. The Bertz CT molecular complexity index is 47.6. The zero-order valence-corrected chi connectivity index (χ0v) is 9.15. The Morgan fingerprint density at radius 1 is 0.818 bits per heavy atom. The van der Waals surface area contributed by atoms with Gasteiger partial charge in [-0.1, -0.05) is 41.5 Å². The fourth-order valence-electron chi connectivity index (χ4n) is 0.671. The number of hydrogen-bond donors (Lipinski definition) is 0. The fourth-order valence-corrected chi connectivity index (χ4v) is 0.671. The maximum absolute atomic E-state index is 2.38. The lowest BCUT2D eigenvalue weighted by Crippen LogP contribution is -2.21. The standard InChI is InChI=1S/C6H15N.C4H10/c1-4-7(5-2)6-3;1-4(2)3/h4-6H2,1-3H3;4H,1-3H3. The molecule has 0 atom stereocenters. The Morgan fingerprint density at radius 3 is 1.00 bits per heavy atom. The van der Waals surface area contributed by atoms with Gasteiger partial charge in [-0.3, -0.25) is 0 Å². The Kier molecular flexibility index (Phi) is 12.3. The summed E-state index contributed by atoms with van der Waals surface area (Å²) in [7, 11) is 0. The zero-order chi connectivity index (χ0) is 9.28. The minimum atomic E-state index is 0.833. The van der Waals surface area contributed by atoms with E-state index in [4.69, 9.17) is 0 Å². The van der Waals surface area contributed by atoms with Gasteiger partial charge in [0, 0.05) is 0 Å². The van der Waals surface area contributed by atoms with Gasteiger partial charge in [-0.2, -0.15) is 0 Å². The van der Waals surface area contributed by atoms with Crippen molar-refractivity contribution in [3.8, 4) is 0 Å². The largest absolute Gasteiger partial charge is 0.304 e. The molecule has 0 spiro atoms. The first-order valence-electron chi connectivity index (χ1n) is 4.80. The molecule has 0 N–H and O–H groups in total. The second-order valence-electron chi connectivity index (χ2n) is 3.35. The molecule has 11 heavy (non-hydrogen) atoms. The summed E-state index contributed by atoms with van der Waals surface area (Å²) in [6, 6.07) is 0. The first-order chi connectivity index (χ1) is 5.08. The molecule has 1 nitrogen and oxygen atoms in total. The molecule has 0 saturated carbocycles. The Hall–Kier alpha value is -0.0400. The van der Waals surface area contributed by atoms with Crippen molar-refractivity contribution >= 4 is 0 Å². The molecule has 0 saturated heterocycles. The van der Waals surface area contributed by atoms with Crippen molar-refractivity contribution in [2.45, 2.75) is 41.5 Å². The fraction of sp³-hybridized carbons (Fsp3) is 1.00. The third-order valence-corrected chi connectivity index (χ3v) is 1.34.